The maximum atomic E-state index is 11.0. The first-order valence-corrected chi connectivity index (χ1v) is 3.73. The van der Waals surface area contributed by atoms with E-state index in [0.29, 0.717) is 11.3 Å². The van der Waals surface area contributed by atoms with E-state index in [1.54, 1.807) is 0 Å². The molecular formula is C9H11NO3. The molecule has 0 amide bonds. The molecule has 0 aliphatic carbocycles. The molecule has 0 fully saturated rings. The van der Waals surface area contributed by atoms with E-state index >= 15 is 0 Å². The Kier molecular flexibility index (Phi) is 2.41. The van der Waals surface area contributed by atoms with Gasteiger partial charge in [-0.15, -0.1) is 0 Å². The van der Waals surface area contributed by atoms with E-state index in [0.717, 1.165) is 0 Å². The third-order valence-corrected chi connectivity index (χ3v) is 1.73. The lowest BCUT2D eigenvalue weighted by Crippen LogP contribution is -2.00. The molecule has 0 radical (unpaired) electrons. The van der Waals surface area contributed by atoms with Crippen LogP contribution in [0.4, 0.5) is 5.69 Å². The third kappa shape index (κ3) is 1.72. The van der Waals surface area contributed by atoms with Crippen LogP contribution in [0.2, 0.25) is 0 Å². The van der Waals surface area contributed by atoms with E-state index in [9.17, 15) is 9.90 Å². The molecule has 1 rings (SSSR count). The molecule has 1 aromatic carbocycles. The molecule has 0 unspecified atom stereocenters. The van der Waals surface area contributed by atoms with Crippen molar-refractivity contribution in [3.63, 3.8) is 0 Å². The number of nitrogens with two attached hydrogens (primary N) is 1. The van der Waals surface area contributed by atoms with Crippen LogP contribution in [0.15, 0.2) is 12.1 Å². The summed E-state index contributed by atoms with van der Waals surface area (Å²) in [6, 6.07) is 2.72. The summed E-state index contributed by atoms with van der Waals surface area (Å²) in [6.07, 6.45) is 0. The van der Waals surface area contributed by atoms with E-state index in [1.807, 2.05) is 0 Å². The second-order valence-electron chi connectivity index (χ2n) is 2.67. The average Bonchev–Trinajstić information content (AvgIpc) is 2.07. The number of ether oxygens (including phenoxy) is 1. The number of rotatable bonds is 2. The Hall–Kier alpha value is -1.71. The first kappa shape index (κ1) is 9.38. The highest BCUT2D eigenvalue weighted by Crippen LogP contribution is 2.30. The summed E-state index contributed by atoms with van der Waals surface area (Å²) in [4.78, 5) is 11.0. The van der Waals surface area contributed by atoms with Crippen LogP contribution in [0.3, 0.4) is 0 Å². The quantitative estimate of drug-likeness (QED) is 0.408. The van der Waals surface area contributed by atoms with Gasteiger partial charge in [-0.1, -0.05) is 0 Å². The van der Waals surface area contributed by atoms with Gasteiger partial charge in [0, 0.05) is 17.3 Å². The lowest BCUT2D eigenvalue weighted by Gasteiger charge is -2.07. The zero-order valence-corrected chi connectivity index (χ0v) is 7.50. The Morgan fingerprint density at radius 3 is 2.62 bits per heavy atom. The van der Waals surface area contributed by atoms with E-state index in [4.69, 9.17) is 10.5 Å². The highest BCUT2D eigenvalue weighted by Gasteiger charge is 2.10. The largest absolute Gasteiger partial charge is 0.504 e. The van der Waals surface area contributed by atoms with E-state index in [-0.39, 0.29) is 17.3 Å². The zero-order valence-electron chi connectivity index (χ0n) is 7.50. The summed E-state index contributed by atoms with van der Waals surface area (Å²) in [7, 11) is 1.42. The molecule has 0 saturated heterocycles. The van der Waals surface area contributed by atoms with Crippen LogP contribution >= 0.6 is 0 Å². The molecule has 70 valence electrons. The Labute approximate surface area is 75.9 Å². The number of carbonyl (C=O) groups is 1. The van der Waals surface area contributed by atoms with Crippen molar-refractivity contribution in [3.05, 3.63) is 17.7 Å². The van der Waals surface area contributed by atoms with Crippen LogP contribution in [0, 0.1) is 0 Å². The van der Waals surface area contributed by atoms with Crippen LogP contribution in [0.1, 0.15) is 17.3 Å². The topological polar surface area (TPSA) is 72.5 Å². The summed E-state index contributed by atoms with van der Waals surface area (Å²) in [5, 5.41) is 9.33. The number of phenols is 1. The lowest BCUT2D eigenvalue weighted by molar-refractivity contribution is 0.101. The van der Waals surface area contributed by atoms with E-state index in [2.05, 4.69) is 0 Å². The smallest absolute Gasteiger partial charge is 0.162 e. The van der Waals surface area contributed by atoms with Gasteiger partial charge < -0.3 is 15.6 Å². The maximum Gasteiger partial charge on any atom is 0.162 e. The lowest BCUT2D eigenvalue weighted by atomic mass is 10.1. The summed E-state index contributed by atoms with van der Waals surface area (Å²) in [6.45, 7) is 1.39. The molecule has 0 heterocycles. The number of nitrogen functional groups attached to an aromatic ring is 1. The number of phenolic OH excluding ortho intramolecular Hbond substituents is 1. The maximum absolute atomic E-state index is 11.0. The van der Waals surface area contributed by atoms with Crippen LogP contribution < -0.4 is 10.5 Å². The number of Topliss-reactive ketones (excluding diaryl/α,β-unsaturated/α-hetero) is 1. The summed E-state index contributed by atoms with van der Waals surface area (Å²) < 4.78 is 4.82. The van der Waals surface area contributed by atoms with Crippen molar-refractivity contribution in [2.75, 3.05) is 12.8 Å². The highest BCUT2D eigenvalue weighted by molar-refractivity contribution is 5.99. The van der Waals surface area contributed by atoms with Gasteiger partial charge in [0.25, 0.3) is 0 Å². The molecule has 4 heteroatoms. The summed E-state index contributed by atoms with van der Waals surface area (Å²) in [5.74, 6) is -0.000136. The number of carbonyl (C=O) groups excluding carboxylic acids is 1. The first-order valence-electron chi connectivity index (χ1n) is 3.73. The summed E-state index contributed by atoms with van der Waals surface area (Å²) in [5.41, 5.74) is 6.17. The van der Waals surface area contributed by atoms with Gasteiger partial charge in [-0.05, 0) is 13.0 Å². The first-order chi connectivity index (χ1) is 6.06. The zero-order chi connectivity index (χ0) is 10.0. The van der Waals surface area contributed by atoms with Gasteiger partial charge in [-0.25, -0.2) is 0 Å². The van der Waals surface area contributed by atoms with Crippen molar-refractivity contribution < 1.29 is 14.6 Å². The highest BCUT2D eigenvalue weighted by atomic mass is 16.5. The molecule has 0 spiro atoms. The molecule has 0 saturated carbocycles. The van der Waals surface area contributed by atoms with E-state index < -0.39 is 0 Å². The Balaban J connectivity index is 3.28. The number of anilines is 1. The van der Waals surface area contributed by atoms with Gasteiger partial charge >= 0.3 is 0 Å². The van der Waals surface area contributed by atoms with Crippen molar-refractivity contribution in [1.82, 2.24) is 0 Å². The number of hydrogen-bond donors (Lipinski definition) is 2. The van der Waals surface area contributed by atoms with Gasteiger partial charge in [0.2, 0.25) is 0 Å². The second-order valence-corrected chi connectivity index (χ2v) is 2.67. The molecule has 0 aromatic heterocycles. The molecule has 4 nitrogen and oxygen atoms in total. The molecule has 13 heavy (non-hydrogen) atoms. The fraction of sp³-hybridized carbons (Fsp3) is 0.222. The van der Waals surface area contributed by atoms with Crippen molar-refractivity contribution in [1.29, 1.82) is 0 Å². The van der Waals surface area contributed by atoms with Crippen molar-refractivity contribution >= 4 is 11.5 Å². The molecule has 0 aliphatic rings. The molecule has 3 N–H and O–H groups in total. The Morgan fingerprint density at radius 1 is 1.54 bits per heavy atom. The summed E-state index contributed by atoms with van der Waals surface area (Å²) >= 11 is 0. The molecule has 0 bridgehead atoms. The monoisotopic (exact) mass is 181 g/mol. The number of aromatic hydroxyl groups is 1. The number of ketones is 1. The fourth-order valence-electron chi connectivity index (χ4n) is 1.05. The molecule has 0 atom stereocenters. The van der Waals surface area contributed by atoms with E-state index in [1.165, 1.54) is 26.2 Å². The van der Waals surface area contributed by atoms with Crippen molar-refractivity contribution in [2.24, 2.45) is 0 Å². The van der Waals surface area contributed by atoms with Crippen LogP contribution in [0.5, 0.6) is 11.5 Å². The Bertz CT molecular complexity index is 347. The number of hydrogen-bond acceptors (Lipinski definition) is 4. The minimum absolute atomic E-state index is 0.0816. The van der Waals surface area contributed by atoms with Crippen molar-refractivity contribution in [2.45, 2.75) is 6.92 Å². The minimum Gasteiger partial charge on any atom is -0.504 e. The standard InChI is InChI=1S/C9H11NO3/c1-5(11)6-3-8(12)9(13-2)4-7(6)10/h3-4,12H,10H2,1-2H3. The average molecular weight is 181 g/mol. The molecule has 1 aromatic rings. The number of benzene rings is 1. The van der Waals surface area contributed by atoms with Gasteiger partial charge in [0.1, 0.15) is 0 Å². The predicted molar refractivity (Wildman–Crippen MR) is 49.1 cm³/mol. The van der Waals surface area contributed by atoms with Crippen LogP contribution in [0.25, 0.3) is 0 Å². The minimum atomic E-state index is -0.185. The Morgan fingerprint density at radius 2 is 2.15 bits per heavy atom. The van der Waals surface area contributed by atoms with Crippen molar-refractivity contribution in [3.8, 4) is 11.5 Å². The normalized spacial score (nSPS) is 9.69. The van der Waals surface area contributed by atoms with Gasteiger partial charge in [0.05, 0.1) is 7.11 Å². The SMILES string of the molecule is COc1cc(N)c(C(C)=O)cc1O. The number of methoxy groups -OCH3 is 1. The van der Waals surface area contributed by atoms with Gasteiger partial charge in [0.15, 0.2) is 17.3 Å². The molecule has 0 aliphatic heterocycles. The van der Waals surface area contributed by atoms with Gasteiger partial charge in [-0.3, -0.25) is 4.79 Å². The van der Waals surface area contributed by atoms with Crippen LogP contribution in [-0.4, -0.2) is 18.0 Å². The van der Waals surface area contributed by atoms with Gasteiger partial charge in [-0.2, -0.15) is 0 Å². The molecular weight excluding hydrogens is 170 g/mol. The second kappa shape index (κ2) is 3.35. The third-order valence-electron chi connectivity index (χ3n) is 1.73. The van der Waals surface area contributed by atoms with Crippen LogP contribution in [-0.2, 0) is 0 Å². The predicted octanol–water partition coefficient (Wildman–Crippen LogP) is 1.19. The fourth-order valence-corrected chi connectivity index (χ4v) is 1.05.